The van der Waals surface area contributed by atoms with Gasteiger partial charge in [-0.15, -0.1) is 0 Å². The second-order valence-corrected chi connectivity index (χ2v) is 9.51. The van der Waals surface area contributed by atoms with E-state index in [9.17, 15) is 19.5 Å². The Hall–Kier alpha value is -4.59. The van der Waals surface area contributed by atoms with Crippen LogP contribution in [0.1, 0.15) is 56.3 Å². The third kappa shape index (κ3) is 5.50. The average molecular weight is 529 g/mol. The molecule has 8 heteroatoms. The van der Waals surface area contributed by atoms with E-state index < -0.39 is 17.7 Å². The van der Waals surface area contributed by atoms with Gasteiger partial charge in [0.25, 0.3) is 11.7 Å². The Kier molecular flexibility index (Phi) is 8.04. The van der Waals surface area contributed by atoms with Crippen LogP contribution < -0.4 is 19.7 Å². The zero-order valence-corrected chi connectivity index (χ0v) is 22.6. The van der Waals surface area contributed by atoms with Gasteiger partial charge < -0.3 is 19.9 Å². The summed E-state index contributed by atoms with van der Waals surface area (Å²) in [5.41, 5.74) is 2.84. The number of anilines is 2. The molecule has 1 saturated heterocycles. The third-order valence-corrected chi connectivity index (χ3v) is 6.52. The minimum Gasteiger partial charge on any atom is -0.507 e. The Morgan fingerprint density at radius 3 is 2.38 bits per heavy atom. The molecule has 39 heavy (non-hydrogen) atoms. The average Bonchev–Trinajstić information content (AvgIpc) is 3.18. The molecule has 1 atom stereocenters. The number of benzene rings is 3. The van der Waals surface area contributed by atoms with E-state index in [1.807, 2.05) is 20.8 Å². The molecule has 4 rings (SSSR count). The number of nitrogens with one attached hydrogen (secondary N) is 1. The van der Waals surface area contributed by atoms with Crippen LogP contribution in [-0.2, 0) is 14.4 Å². The summed E-state index contributed by atoms with van der Waals surface area (Å²) < 4.78 is 11.2. The molecule has 1 aliphatic rings. The number of aliphatic hydroxyl groups excluding tert-OH is 1. The molecule has 0 radical (unpaired) electrons. The molecule has 3 aromatic carbocycles. The Morgan fingerprint density at radius 1 is 1.05 bits per heavy atom. The molecule has 1 unspecified atom stereocenters. The maximum Gasteiger partial charge on any atom is 0.300 e. The molecule has 8 nitrogen and oxygen atoms in total. The lowest BCUT2D eigenvalue weighted by Crippen LogP contribution is -2.29. The highest BCUT2D eigenvalue weighted by molar-refractivity contribution is 6.51. The van der Waals surface area contributed by atoms with E-state index in [4.69, 9.17) is 9.47 Å². The number of hydrogen-bond donors (Lipinski definition) is 2. The van der Waals surface area contributed by atoms with E-state index in [1.165, 1.54) is 18.9 Å². The maximum atomic E-state index is 13.5. The molecule has 0 bridgehead atoms. The number of ether oxygens (including phenoxy) is 2. The van der Waals surface area contributed by atoms with E-state index in [0.717, 1.165) is 5.56 Å². The van der Waals surface area contributed by atoms with Crippen LogP contribution in [0, 0.1) is 0 Å². The summed E-state index contributed by atoms with van der Waals surface area (Å²) in [5, 5.41) is 14.3. The summed E-state index contributed by atoms with van der Waals surface area (Å²) in [5.74, 6) is -0.731. The second kappa shape index (κ2) is 11.4. The van der Waals surface area contributed by atoms with Gasteiger partial charge in [0.2, 0.25) is 5.91 Å². The molecular weight excluding hydrogens is 496 g/mol. The normalized spacial score (nSPS) is 16.5. The fourth-order valence-electron chi connectivity index (χ4n) is 4.72. The molecule has 0 aliphatic carbocycles. The van der Waals surface area contributed by atoms with Gasteiger partial charge >= 0.3 is 0 Å². The minimum absolute atomic E-state index is 0.0296. The molecule has 1 heterocycles. The van der Waals surface area contributed by atoms with Crippen LogP contribution in [0.4, 0.5) is 11.4 Å². The summed E-state index contributed by atoms with van der Waals surface area (Å²) in [4.78, 5) is 39.8. The highest BCUT2D eigenvalue weighted by Gasteiger charge is 2.47. The van der Waals surface area contributed by atoms with Gasteiger partial charge in [0.05, 0.1) is 25.3 Å². The Labute approximate surface area is 227 Å². The molecule has 0 saturated carbocycles. The van der Waals surface area contributed by atoms with Crippen LogP contribution in [-0.4, -0.2) is 36.4 Å². The zero-order valence-electron chi connectivity index (χ0n) is 22.6. The highest BCUT2D eigenvalue weighted by atomic mass is 16.5. The molecule has 0 spiro atoms. The number of ketones is 1. The monoisotopic (exact) mass is 528 g/mol. The van der Waals surface area contributed by atoms with Crippen molar-refractivity contribution in [1.82, 2.24) is 0 Å². The van der Waals surface area contributed by atoms with Crippen molar-refractivity contribution >= 4 is 34.7 Å². The van der Waals surface area contributed by atoms with Crippen LogP contribution >= 0.6 is 0 Å². The van der Waals surface area contributed by atoms with Gasteiger partial charge in [-0.2, -0.15) is 0 Å². The van der Waals surface area contributed by atoms with Gasteiger partial charge in [0.15, 0.2) is 0 Å². The van der Waals surface area contributed by atoms with E-state index in [2.05, 4.69) is 5.32 Å². The summed E-state index contributed by atoms with van der Waals surface area (Å²) in [6.07, 6.45) is 0. The summed E-state index contributed by atoms with van der Waals surface area (Å²) in [6.45, 7) is 7.83. The predicted molar refractivity (Wildman–Crippen MR) is 150 cm³/mol. The quantitative estimate of drug-likeness (QED) is 0.217. The van der Waals surface area contributed by atoms with Crippen molar-refractivity contribution in [3.8, 4) is 11.5 Å². The molecule has 1 aliphatic heterocycles. The van der Waals surface area contributed by atoms with E-state index in [-0.39, 0.29) is 23.2 Å². The van der Waals surface area contributed by atoms with Crippen LogP contribution in [0.5, 0.6) is 11.5 Å². The molecule has 3 aromatic rings. The summed E-state index contributed by atoms with van der Waals surface area (Å²) in [7, 11) is 1.53. The lowest BCUT2D eigenvalue weighted by atomic mass is 9.93. The van der Waals surface area contributed by atoms with Crippen molar-refractivity contribution in [1.29, 1.82) is 0 Å². The minimum atomic E-state index is -0.916. The molecule has 0 aromatic heterocycles. The Balaban J connectivity index is 1.90. The number of methoxy groups -OCH3 is 1. The van der Waals surface area contributed by atoms with E-state index >= 15 is 0 Å². The predicted octanol–water partition coefficient (Wildman–Crippen LogP) is 5.80. The van der Waals surface area contributed by atoms with Crippen molar-refractivity contribution < 1.29 is 29.0 Å². The fourth-order valence-corrected chi connectivity index (χ4v) is 4.72. The number of carbonyl (C=O) groups excluding carboxylic acids is 3. The molecule has 1 fully saturated rings. The second-order valence-electron chi connectivity index (χ2n) is 9.51. The fraction of sp³-hybridized carbons (Fsp3) is 0.258. The van der Waals surface area contributed by atoms with Gasteiger partial charge in [-0.05, 0) is 78.6 Å². The lowest BCUT2D eigenvalue weighted by molar-refractivity contribution is -0.132. The van der Waals surface area contributed by atoms with E-state index in [1.54, 1.807) is 66.7 Å². The van der Waals surface area contributed by atoms with Gasteiger partial charge in [0, 0.05) is 23.9 Å². The van der Waals surface area contributed by atoms with Gasteiger partial charge in [-0.1, -0.05) is 26.0 Å². The van der Waals surface area contributed by atoms with Crippen LogP contribution in [0.25, 0.3) is 5.76 Å². The highest BCUT2D eigenvalue weighted by Crippen LogP contribution is 2.43. The van der Waals surface area contributed by atoms with Crippen LogP contribution in [0.15, 0.2) is 72.3 Å². The number of rotatable bonds is 8. The van der Waals surface area contributed by atoms with Crippen molar-refractivity contribution in [2.75, 3.05) is 23.9 Å². The first-order chi connectivity index (χ1) is 18.7. The van der Waals surface area contributed by atoms with E-state index in [0.29, 0.717) is 40.6 Å². The largest absolute Gasteiger partial charge is 0.507 e. The lowest BCUT2D eigenvalue weighted by Gasteiger charge is -2.26. The van der Waals surface area contributed by atoms with Gasteiger partial charge in [0.1, 0.15) is 17.3 Å². The third-order valence-electron chi connectivity index (χ3n) is 6.52. The molecule has 2 amide bonds. The number of hydrogen-bond acceptors (Lipinski definition) is 6. The summed E-state index contributed by atoms with van der Waals surface area (Å²) in [6, 6.07) is 18.0. The SMILES string of the molecule is CCOc1ccc(/C(O)=C2/C(=O)C(=O)N(c3ccc(NC(C)=O)cc3)C2c2cccc(OC)c2)cc1C(C)C. The van der Waals surface area contributed by atoms with Crippen molar-refractivity contribution in [3.63, 3.8) is 0 Å². The first-order valence-electron chi connectivity index (χ1n) is 12.8. The van der Waals surface area contributed by atoms with Crippen LogP contribution in [0.3, 0.4) is 0 Å². The number of Topliss-reactive ketones (excluding diaryl/α,β-unsaturated/α-hetero) is 1. The number of nitrogens with zero attached hydrogens (tertiary/aromatic N) is 1. The van der Waals surface area contributed by atoms with Gasteiger partial charge in [-0.25, -0.2) is 0 Å². The van der Waals surface area contributed by atoms with Crippen molar-refractivity contribution in [2.45, 2.75) is 39.7 Å². The standard InChI is InChI=1S/C31H32N2O6/c1-6-39-26-15-10-21(17-25(26)18(2)3)29(35)27-28(20-8-7-9-24(16-20)38-5)33(31(37)30(27)36)23-13-11-22(12-14-23)32-19(4)34/h7-18,28,35H,6H2,1-5H3,(H,32,34)/b29-27-. The summed E-state index contributed by atoms with van der Waals surface area (Å²) >= 11 is 0. The Morgan fingerprint density at radius 2 is 1.77 bits per heavy atom. The molecule has 202 valence electrons. The van der Waals surface area contributed by atoms with Crippen molar-refractivity contribution in [2.24, 2.45) is 0 Å². The number of amides is 2. The topological polar surface area (TPSA) is 105 Å². The number of carbonyl (C=O) groups is 3. The van der Waals surface area contributed by atoms with Gasteiger partial charge in [-0.3, -0.25) is 19.3 Å². The van der Waals surface area contributed by atoms with Crippen molar-refractivity contribution in [3.05, 3.63) is 89.0 Å². The van der Waals surface area contributed by atoms with Crippen LogP contribution in [0.2, 0.25) is 0 Å². The number of aliphatic hydroxyl groups is 1. The zero-order chi connectivity index (χ0) is 28.3. The maximum absolute atomic E-state index is 13.5. The smallest absolute Gasteiger partial charge is 0.300 e. The Bertz CT molecular complexity index is 1440. The first kappa shape index (κ1) is 27.4. The molecule has 2 N–H and O–H groups in total. The molecular formula is C31H32N2O6. The first-order valence-corrected chi connectivity index (χ1v) is 12.8.